The molecule has 2 unspecified atom stereocenters. The van der Waals surface area contributed by atoms with Crippen LogP contribution in [0, 0.1) is 5.92 Å². The van der Waals surface area contributed by atoms with Gasteiger partial charge in [0.1, 0.15) is 5.82 Å². The van der Waals surface area contributed by atoms with Gasteiger partial charge in [-0.3, -0.25) is 0 Å². The standard InChI is InChI=1S/C15H18ClN3/c1-10-6-5-9-19(11(10)2)14-12-7-3-4-8-13(12)17-15(16)18-14/h3-4,7-8,10-11H,5-6,9H2,1-2H3. The van der Waals surface area contributed by atoms with Crippen LogP contribution in [0.4, 0.5) is 5.82 Å². The van der Waals surface area contributed by atoms with Crippen molar-refractivity contribution in [2.24, 2.45) is 5.92 Å². The fourth-order valence-electron chi connectivity index (χ4n) is 2.89. The maximum absolute atomic E-state index is 6.08. The van der Waals surface area contributed by atoms with Crippen LogP contribution in [0.5, 0.6) is 0 Å². The molecular formula is C15H18ClN3. The molecule has 0 saturated carbocycles. The third-order valence-corrected chi connectivity index (χ3v) is 4.37. The number of rotatable bonds is 1. The van der Waals surface area contributed by atoms with Gasteiger partial charge in [-0.05, 0) is 49.4 Å². The van der Waals surface area contributed by atoms with Crippen LogP contribution in [0.2, 0.25) is 5.28 Å². The highest BCUT2D eigenvalue weighted by molar-refractivity contribution is 6.28. The van der Waals surface area contributed by atoms with E-state index in [9.17, 15) is 0 Å². The maximum atomic E-state index is 6.08. The Kier molecular flexibility index (Phi) is 3.31. The zero-order valence-electron chi connectivity index (χ0n) is 11.3. The third kappa shape index (κ3) is 2.27. The van der Waals surface area contributed by atoms with Gasteiger partial charge in [0.05, 0.1) is 5.52 Å². The van der Waals surface area contributed by atoms with Crippen LogP contribution in [0.3, 0.4) is 0 Å². The number of nitrogens with zero attached hydrogens (tertiary/aromatic N) is 3. The van der Waals surface area contributed by atoms with Crippen LogP contribution in [0.1, 0.15) is 26.7 Å². The van der Waals surface area contributed by atoms with E-state index in [2.05, 4.69) is 34.8 Å². The van der Waals surface area contributed by atoms with Crippen molar-refractivity contribution >= 4 is 28.3 Å². The quantitative estimate of drug-likeness (QED) is 0.739. The summed E-state index contributed by atoms with van der Waals surface area (Å²) in [5.41, 5.74) is 0.919. The summed E-state index contributed by atoms with van der Waals surface area (Å²) >= 11 is 6.08. The van der Waals surface area contributed by atoms with Gasteiger partial charge in [-0.2, -0.15) is 4.98 Å². The van der Waals surface area contributed by atoms with Gasteiger partial charge in [0, 0.05) is 18.0 Å². The number of para-hydroxylation sites is 1. The number of hydrogen-bond acceptors (Lipinski definition) is 3. The summed E-state index contributed by atoms with van der Waals surface area (Å²) in [5, 5.41) is 1.42. The fraction of sp³-hybridized carbons (Fsp3) is 0.467. The van der Waals surface area contributed by atoms with Crippen molar-refractivity contribution in [1.82, 2.24) is 9.97 Å². The van der Waals surface area contributed by atoms with Gasteiger partial charge >= 0.3 is 0 Å². The lowest BCUT2D eigenvalue weighted by atomic mass is 9.92. The SMILES string of the molecule is CC1CCCN(c2nc(Cl)nc3ccccc23)C1C. The smallest absolute Gasteiger partial charge is 0.224 e. The van der Waals surface area contributed by atoms with E-state index >= 15 is 0 Å². The molecule has 2 heterocycles. The Morgan fingerprint density at radius 2 is 2.00 bits per heavy atom. The topological polar surface area (TPSA) is 29.0 Å². The lowest BCUT2D eigenvalue weighted by Crippen LogP contribution is -2.43. The summed E-state index contributed by atoms with van der Waals surface area (Å²) in [4.78, 5) is 11.2. The van der Waals surface area contributed by atoms with E-state index in [1.54, 1.807) is 0 Å². The van der Waals surface area contributed by atoms with E-state index in [1.807, 2.05) is 18.2 Å². The van der Waals surface area contributed by atoms with Gasteiger partial charge in [0.2, 0.25) is 5.28 Å². The molecule has 1 aromatic heterocycles. The van der Waals surface area contributed by atoms with E-state index in [1.165, 1.54) is 12.8 Å². The molecule has 19 heavy (non-hydrogen) atoms. The molecule has 1 saturated heterocycles. The van der Waals surface area contributed by atoms with Crippen molar-refractivity contribution in [1.29, 1.82) is 0 Å². The van der Waals surface area contributed by atoms with Gasteiger partial charge in [-0.15, -0.1) is 0 Å². The van der Waals surface area contributed by atoms with Gasteiger partial charge < -0.3 is 4.90 Å². The molecule has 0 bridgehead atoms. The highest BCUT2D eigenvalue weighted by Gasteiger charge is 2.27. The second-order valence-corrected chi connectivity index (χ2v) is 5.72. The number of fused-ring (bicyclic) bond motifs is 1. The molecule has 2 aromatic rings. The Morgan fingerprint density at radius 3 is 2.84 bits per heavy atom. The first-order chi connectivity index (χ1) is 9.16. The lowest BCUT2D eigenvalue weighted by molar-refractivity contribution is 0.362. The zero-order valence-corrected chi connectivity index (χ0v) is 12.1. The molecule has 1 aromatic carbocycles. The van der Waals surface area contributed by atoms with Crippen molar-refractivity contribution in [3.8, 4) is 0 Å². The average molecular weight is 276 g/mol. The molecule has 4 heteroatoms. The second-order valence-electron chi connectivity index (χ2n) is 5.39. The highest BCUT2D eigenvalue weighted by atomic mass is 35.5. The van der Waals surface area contributed by atoms with Crippen LogP contribution in [-0.4, -0.2) is 22.6 Å². The third-order valence-electron chi connectivity index (χ3n) is 4.20. The number of piperidine rings is 1. The van der Waals surface area contributed by atoms with Crippen LogP contribution in [0.25, 0.3) is 10.9 Å². The number of halogens is 1. The summed E-state index contributed by atoms with van der Waals surface area (Å²) in [5.74, 6) is 1.66. The molecule has 1 fully saturated rings. The Labute approximate surface area is 118 Å². The summed E-state index contributed by atoms with van der Waals surface area (Å²) in [6, 6.07) is 8.57. The predicted octanol–water partition coefficient (Wildman–Crippen LogP) is 3.91. The first-order valence-corrected chi connectivity index (χ1v) is 7.23. The molecular weight excluding hydrogens is 258 g/mol. The van der Waals surface area contributed by atoms with E-state index in [0.29, 0.717) is 17.2 Å². The number of anilines is 1. The Hall–Kier alpha value is -1.35. The van der Waals surface area contributed by atoms with E-state index in [0.717, 1.165) is 23.3 Å². The van der Waals surface area contributed by atoms with Crippen molar-refractivity contribution in [2.75, 3.05) is 11.4 Å². The summed E-state index contributed by atoms with van der Waals surface area (Å²) in [6.07, 6.45) is 2.50. The first kappa shape index (κ1) is 12.7. The summed E-state index contributed by atoms with van der Waals surface area (Å²) in [6.45, 7) is 5.62. The van der Waals surface area contributed by atoms with E-state index in [4.69, 9.17) is 11.6 Å². The molecule has 0 amide bonds. The normalized spacial score (nSPS) is 23.8. The van der Waals surface area contributed by atoms with Crippen molar-refractivity contribution in [3.63, 3.8) is 0 Å². The molecule has 3 nitrogen and oxygen atoms in total. The molecule has 0 aliphatic carbocycles. The van der Waals surface area contributed by atoms with Gasteiger partial charge in [0.25, 0.3) is 0 Å². The molecule has 2 atom stereocenters. The largest absolute Gasteiger partial charge is 0.353 e. The Bertz CT molecular complexity index is 599. The Morgan fingerprint density at radius 1 is 1.21 bits per heavy atom. The summed E-state index contributed by atoms with van der Waals surface area (Å²) in [7, 11) is 0. The minimum atomic E-state index is 0.333. The zero-order chi connectivity index (χ0) is 13.4. The van der Waals surface area contributed by atoms with Crippen LogP contribution in [0.15, 0.2) is 24.3 Å². The van der Waals surface area contributed by atoms with Gasteiger partial charge in [-0.1, -0.05) is 19.1 Å². The fourth-order valence-corrected chi connectivity index (χ4v) is 3.06. The summed E-state index contributed by atoms with van der Waals surface area (Å²) < 4.78 is 0. The minimum absolute atomic E-state index is 0.333. The lowest BCUT2D eigenvalue weighted by Gasteiger charge is -2.39. The maximum Gasteiger partial charge on any atom is 0.224 e. The first-order valence-electron chi connectivity index (χ1n) is 6.86. The molecule has 0 spiro atoms. The van der Waals surface area contributed by atoms with Crippen molar-refractivity contribution in [2.45, 2.75) is 32.7 Å². The van der Waals surface area contributed by atoms with Crippen LogP contribution in [-0.2, 0) is 0 Å². The average Bonchev–Trinajstić information content (AvgIpc) is 2.41. The minimum Gasteiger partial charge on any atom is -0.353 e. The highest BCUT2D eigenvalue weighted by Crippen LogP contribution is 2.32. The van der Waals surface area contributed by atoms with E-state index in [-0.39, 0.29) is 0 Å². The van der Waals surface area contributed by atoms with E-state index < -0.39 is 0 Å². The molecule has 1 aliphatic heterocycles. The monoisotopic (exact) mass is 275 g/mol. The van der Waals surface area contributed by atoms with Crippen LogP contribution < -0.4 is 4.90 Å². The molecule has 0 radical (unpaired) electrons. The molecule has 3 rings (SSSR count). The second kappa shape index (κ2) is 4.97. The number of benzene rings is 1. The van der Waals surface area contributed by atoms with Gasteiger partial charge in [0.15, 0.2) is 0 Å². The number of hydrogen-bond donors (Lipinski definition) is 0. The van der Waals surface area contributed by atoms with Gasteiger partial charge in [-0.25, -0.2) is 4.98 Å². The predicted molar refractivity (Wildman–Crippen MR) is 79.8 cm³/mol. The molecule has 1 aliphatic rings. The molecule has 100 valence electrons. The molecule has 0 N–H and O–H groups in total. The number of aromatic nitrogens is 2. The van der Waals surface area contributed by atoms with Crippen molar-refractivity contribution < 1.29 is 0 Å². The Balaban J connectivity index is 2.13. The van der Waals surface area contributed by atoms with Crippen molar-refractivity contribution in [3.05, 3.63) is 29.5 Å². The van der Waals surface area contributed by atoms with Crippen LogP contribution >= 0.6 is 11.6 Å².